The van der Waals surface area contributed by atoms with Crippen molar-refractivity contribution in [3.63, 3.8) is 0 Å². The fourth-order valence-electron chi connectivity index (χ4n) is 1.61. The van der Waals surface area contributed by atoms with E-state index in [1.165, 1.54) is 12.1 Å². The molecule has 0 unspecified atom stereocenters. The van der Waals surface area contributed by atoms with Crippen molar-refractivity contribution in [2.24, 2.45) is 0 Å². The molecule has 0 atom stereocenters. The maximum Gasteiger partial charge on any atom is 0.658 e. The third-order valence-electron chi connectivity index (χ3n) is 2.54. The van der Waals surface area contributed by atoms with Crippen molar-refractivity contribution >= 4 is 17.8 Å². The van der Waals surface area contributed by atoms with Gasteiger partial charge in [-0.2, -0.15) is 0 Å². The average molecular weight is 277 g/mol. The van der Waals surface area contributed by atoms with Gasteiger partial charge in [0.1, 0.15) is 0 Å². The Morgan fingerprint density at radius 1 is 1.16 bits per heavy atom. The van der Waals surface area contributed by atoms with Gasteiger partial charge in [0.15, 0.2) is 0 Å². The van der Waals surface area contributed by atoms with Gasteiger partial charge in [-0.25, -0.2) is 13.2 Å². The Balaban J connectivity index is 2.47. The molecule has 8 heteroatoms. The third kappa shape index (κ3) is 2.62. The first-order chi connectivity index (χ1) is 8.71. The molecule has 0 radical (unpaired) electrons. The lowest BCUT2D eigenvalue weighted by Gasteiger charge is -2.23. The summed E-state index contributed by atoms with van der Waals surface area (Å²) in [5, 5.41) is 0.510. The van der Waals surface area contributed by atoms with Gasteiger partial charge in [0.25, 0.3) is 5.52 Å². The number of rotatable bonds is 2. The summed E-state index contributed by atoms with van der Waals surface area (Å²) >= 11 is 0. The van der Waals surface area contributed by atoms with E-state index in [-0.39, 0.29) is 5.52 Å². The zero-order valence-electron chi connectivity index (χ0n) is 9.79. The minimum absolute atomic E-state index is 0.138. The van der Waals surface area contributed by atoms with Crippen LogP contribution in [0, 0.1) is 6.92 Å². The highest BCUT2D eigenvalue weighted by Gasteiger charge is 2.60. The molecule has 0 fully saturated rings. The predicted molar refractivity (Wildman–Crippen MR) is 59.5 cm³/mol. The average Bonchev–Trinajstić information content (AvgIpc) is 2.26. The second-order valence-corrected chi connectivity index (χ2v) is 4.14. The number of halogens is 5. The fourth-order valence-corrected chi connectivity index (χ4v) is 1.61. The van der Waals surface area contributed by atoms with Gasteiger partial charge in [0.05, 0.1) is 5.39 Å². The monoisotopic (exact) mass is 277 g/mol. The van der Waals surface area contributed by atoms with Crippen molar-refractivity contribution in [3.8, 4) is 0 Å². The molecule has 2 aromatic rings. The molecule has 1 aromatic heterocycles. The van der Waals surface area contributed by atoms with Crippen LogP contribution in [0.3, 0.4) is 0 Å². The van der Waals surface area contributed by atoms with Crippen LogP contribution < -0.4 is 9.49 Å². The number of benzene rings is 1. The van der Waals surface area contributed by atoms with Crippen molar-refractivity contribution in [2.75, 3.05) is 0 Å². The molecule has 0 aliphatic heterocycles. The van der Waals surface area contributed by atoms with Crippen molar-refractivity contribution in [2.45, 2.75) is 13.0 Å². The van der Waals surface area contributed by atoms with Gasteiger partial charge in [0, 0.05) is 12.1 Å². The third-order valence-corrected chi connectivity index (χ3v) is 2.54. The largest absolute Gasteiger partial charge is 0.658 e. The van der Waals surface area contributed by atoms with Gasteiger partial charge < -0.3 is 13.4 Å². The summed E-state index contributed by atoms with van der Waals surface area (Å²) in [5.74, 6) is 0. The molecule has 1 aromatic carbocycles. The molecule has 0 saturated carbocycles. The molecule has 0 aliphatic rings. The standard InChI is InChI=1S/C11H9BF5NO/c1-8-4-5-10-9(7-8)3-2-6-18(10)19-12(16,17)11(13,14)15/h2-7H,1H3. The Kier molecular flexibility index (Phi) is 3.11. The summed E-state index contributed by atoms with van der Waals surface area (Å²) in [6.45, 7) is -4.17. The molecular weight excluding hydrogens is 268 g/mol. The van der Waals surface area contributed by atoms with E-state index >= 15 is 0 Å². The maximum atomic E-state index is 12.9. The Morgan fingerprint density at radius 3 is 2.47 bits per heavy atom. The first kappa shape index (κ1) is 13.6. The van der Waals surface area contributed by atoms with Crippen molar-refractivity contribution < 1.29 is 31.3 Å². The fraction of sp³-hybridized carbons (Fsp3) is 0.182. The lowest BCUT2D eigenvalue weighted by atomic mass is 9.87. The number of hydrogen-bond donors (Lipinski definition) is 0. The Hall–Kier alpha value is -1.86. The number of alkyl halides is 3. The minimum atomic E-state index is -5.96. The molecular formula is C11H9BF5NO. The van der Waals surface area contributed by atoms with E-state index in [0.717, 1.165) is 11.8 Å². The van der Waals surface area contributed by atoms with Gasteiger partial charge in [0.2, 0.25) is 6.20 Å². The number of nitrogens with zero attached hydrogens (tertiary/aromatic N) is 1. The van der Waals surface area contributed by atoms with Crippen molar-refractivity contribution in [1.82, 2.24) is 0 Å². The SMILES string of the molecule is Cc1ccc2c(ccc[n+]2O[B-](F)(F)C(F)(F)F)c1. The van der Waals surface area contributed by atoms with E-state index in [0.29, 0.717) is 10.1 Å². The molecule has 0 bridgehead atoms. The van der Waals surface area contributed by atoms with Crippen LogP contribution in [0.2, 0.25) is 0 Å². The van der Waals surface area contributed by atoms with Crippen LogP contribution in [-0.2, 0) is 0 Å². The van der Waals surface area contributed by atoms with Crippen LogP contribution in [0.1, 0.15) is 5.56 Å². The quantitative estimate of drug-likeness (QED) is 0.467. The van der Waals surface area contributed by atoms with Gasteiger partial charge in [-0.05, 0) is 23.8 Å². The molecule has 102 valence electrons. The Morgan fingerprint density at radius 2 is 1.84 bits per heavy atom. The molecule has 0 saturated heterocycles. The van der Waals surface area contributed by atoms with E-state index in [4.69, 9.17) is 0 Å². The van der Waals surface area contributed by atoms with Crippen LogP contribution in [-0.4, -0.2) is 13.0 Å². The van der Waals surface area contributed by atoms with E-state index in [1.807, 2.05) is 0 Å². The minimum Gasteiger partial charge on any atom is -0.432 e. The highest BCUT2D eigenvalue weighted by atomic mass is 19.4. The summed E-state index contributed by atoms with van der Waals surface area (Å²) in [7, 11) is 0. The maximum absolute atomic E-state index is 12.9. The second-order valence-electron chi connectivity index (χ2n) is 4.14. The van der Waals surface area contributed by atoms with Crippen molar-refractivity contribution in [1.29, 1.82) is 0 Å². The molecule has 0 amide bonds. The van der Waals surface area contributed by atoms with Crippen LogP contribution in [0.5, 0.6) is 0 Å². The zero-order chi connectivity index (χ0) is 14.3. The van der Waals surface area contributed by atoms with Crippen LogP contribution >= 0.6 is 0 Å². The number of aryl methyl sites for hydroxylation is 1. The molecule has 19 heavy (non-hydrogen) atoms. The molecule has 0 spiro atoms. The summed E-state index contributed by atoms with van der Waals surface area (Å²) < 4.78 is 66.5. The summed E-state index contributed by atoms with van der Waals surface area (Å²) in [5.41, 5.74) is 0.997. The predicted octanol–water partition coefficient (Wildman–Crippen LogP) is 2.84. The van der Waals surface area contributed by atoms with Crippen LogP contribution in [0.25, 0.3) is 10.9 Å². The normalized spacial score (nSPS) is 12.7. The smallest absolute Gasteiger partial charge is 0.432 e. The zero-order valence-corrected chi connectivity index (χ0v) is 9.79. The first-order valence-electron chi connectivity index (χ1n) is 5.39. The highest BCUT2D eigenvalue weighted by molar-refractivity contribution is 6.61. The lowest BCUT2D eigenvalue weighted by Crippen LogP contribution is -2.62. The Bertz CT molecular complexity index is 614. The molecule has 1 heterocycles. The molecule has 0 N–H and O–H groups in total. The summed E-state index contributed by atoms with van der Waals surface area (Å²) in [6, 6.07) is 7.62. The number of fused-ring (bicyclic) bond motifs is 1. The lowest BCUT2D eigenvalue weighted by molar-refractivity contribution is -0.847. The number of hydrogen-bond acceptors (Lipinski definition) is 1. The van der Waals surface area contributed by atoms with Crippen LogP contribution in [0.15, 0.2) is 36.5 Å². The highest BCUT2D eigenvalue weighted by Crippen LogP contribution is 2.29. The van der Waals surface area contributed by atoms with E-state index in [9.17, 15) is 21.8 Å². The van der Waals surface area contributed by atoms with E-state index < -0.39 is 13.0 Å². The first-order valence-corrected chi connectivity index (χ1v) is 5.39. The Labute approximate surface area is 105 Å². The molecule has 2 rings (SSSR count). The topological polar surface area (TPSA) is 13.1 Å². The van der Waals surface area contributed by atoms with Gasteiger partial charge >= 0.3 is 13.0 Å². The van der Waals surface area contributed by atoms with Gasteiger partial charge in [-0.15, -0.1) is 0 Å². The number of pyridine rings is 1. The summed E-state index contributed by atoms with van der Waals surface area (Å²) in [6.07, 6.45) is -4.70. The van der Waals surface area contributed by atoms with Crippen molar-refractivity contribution in [3.05, 3.63) is 42.1 Å². The van der Waals surface area contributed by atoms with Gasteiger partial charge in [-0.3, -0.25) is 0 Å². The van der Waals surface area contributed by atoms with E-state index in [1.54, 1.807) is 25.1 Å². The van der Waals surface area contributed by atoms with Gasteiger partial charge in [-0.1, -0.05) is 11.6 Å². The van der Waals surface area contributed by atoms with E-state index in [2.05, 4.69) is 4.76 Å². The van der Waals surface area contributed by atoms with Crippen LogP contribution in [0.4, 0.5) is 21.8 Å². The second kappa shape index (κ2) is 4.36. The molecule has 0 aliphatic carbocycles. The summed E-state index contributed by atoms with van der Waals surface area (Å²) in [4.78, 5) is 0. The number of aromatic nitrogens is 1. The molecule has 2 nitrogen and oxygen atoms in total.